The number of rotatable bonds is 6. The van der Waals surface area contributed by atoms with E-state index in [2.05, 4.69) is 4.98 Å². The second-order valence-electron chi connectivity index (χ2n) is 6.91. The van der Waals surface area contributed by atoms with Gasteiger partial charge in [0.2, 0.25) is 0 Å². The lowest BCUT2D eigenvalue weighted by Crippen LogP contribution is -2.32. The van der Waals surface area contributed by atoms with Gasteiger partial charge in [0.05, 0.1) is 11.3 Å². The van der Waals surface area contributed by atoms with Gasteiger partial charge in [-0.25, -0.2) is 4.39 Å². The summed E-state index contributed by atoms with van der Waals surface area (Å²) < 4.78 is 13.2. The van der Waals surface area contributed by atoms with E-state index < -0.39 is 23.5 Å². The molecule has 3 rings (SSSR count). The first-order valence-electron chi connectivity index (χ1n) is 9.00. The van der Waals surface area contributed by atoms with Gasteiger partial charge in [0.25, 0.3) is 11.7 Å². The molecule has 6 nitrogen and oxygen atoms in total. The summed E-state index contributed by atoms with van der Waals surface area (Å²) in [6.07, 6.45) is 2.24. The van der Waals surface area contributed by atoms with Gasteiger partial charge in [-0.15, -0.1) is 0 Å². The van der Waals surface area contributed by atoms with Gasteiger partial charge in [-0.2, -0.15) is 0 Å². The summed E-state index contributed by atoms with van der Waals surface area (Å²) in [5.41, 5.74) is 0.740. The molecular formula is C21H22FN3O3. The number of aromatic nitrogens is 1. The van der Waals surface area contributed by atoms with Crippen LogP contribution in [-0.2, 0) is 9.59 Å². The highest BCUT2D eigenvalue weighted by atomic mass is 19.1. The number of Topliss-reactive ketones (excluding diaryl/α,β-unsaturated/α-hetero) is 1. The van der Waals surface area contributed by atoms with Gasteiger partial charge in [0.1, 0.15) is 17.6 Å². The largest absolute Gasteiger partial charge is 0.507 e. The van der Waals surface area contributed by atoms with Crippen molar-refractivity contribution in [3.05, 3.63) is 71.3 Å². The van der Waals surface area contributed by atoms with Crippen LogP contribution in [0.2, 0.25) is 0 Å². The van der Waals surface area contributed by atoms with E-state index in [1.54, 1.807) is 24.4 Å². The van der Waals surface area contributed by atoms with Gasteiger partial charge in [0.15, 0.2) is 0 Å². The topological polar surface area (TPSA) is 73.7 Å². The summed E-state index contributed by atoms with van der Waals surface area (Å²) in [6.45, 7) is 1.10. The minimum Gasteiger partial charge on any atom is -0.507 e. The summed E-state index contributed by atoms with van der Waals surface area (Å²) in [4.78, 5) is 33.2. The highest BCUT2D eigenvalue weighted by Gasteiger charge is 2.46. The maximum atomic E-state index is 13.2. The van der Waals surface area contributed by atoms with E-state index in [0.29, 0.717) is 18.7 Å². The molecule has 0 spiro atoms. The number of benzene rings is 1. The van der Waals surface area contributed by atoms with Crippen molar-refractivity contribution >= 4 is 17.4 Å². The van der Waals surface area contributed by atoms with Gasteiger partial charge >= 0.3 is 0 Å². The Bertz CT molecular complexity index is 895. The molecule has 0 unspecified atom stereocenters. The number of carbonyl (C=O) groups excluding carboxylic acids is 2. The lowest BCUT2D eigenvalue weighted by molar-refractivity contribution is -0.140. The summed E-state index contributed by atoms with van der Waals surface area (Å²) >= 11 is 0. The number of hydrogen-bond donors (Lipinski definition) is 1. The maximum absolute atomic E-state index is 13.2. The number of amides is 1. The smallest absolute Gasteiger partial charge is 0.295 e. The van der Waals surface area contributed by atoms with Crippen LogP contribution in [0.3, 0.4) is 0 Å². The Morgan fingerprint density at radius 3 is 2.50 bits per heavy atom. The fourth-order valence-corrected chi connectivity index (χ4v) is 3.28. The van der Waals surface area contributed by atoms with Crippen molar-refractivity contribution in [2.75, 3.05) is 27.2 Å². The molecule has 2 aromatic rings. The van der Waals surface area contributed by atoms with Crippen LogP contribution in [0.1, 0.15) is 23.7 Å². The van der Waals surface area contributed by atoms with E-state index in [1.807, 2.05) is 19.0 Å². The third-order valence-corrected chi connectivity index (χ3v) is 4.63. The summed E-state index contributed by atoms with van der Waals surface area (Å²) in [5.74, 6) is -2.22. The second-order valence-corrected chi connectivity index (χ2v) is 6.91. The van der Waals surface area contributed by atoms with Crippen LogP contribution in [0.25, 0.3) is 5.76 Å². The molecule has 7 heteroatoms. The van der Waals surface area contributed by atoms with Gasteiger partial charge in [-0.3, -0.25) is 14.6 Å². The first-order chi connectivity index (χ1) is 13.4. The standard InChI is InChI=1S/C21H22FN3O3/c1-24(2)12-5-13-25-18(16-6-3-4-11-23-16)17(20(27)21(25)28)19(26)14-7-9-15(22)10-8-14/h3-4,6-11,18,26H,5,12-13H2,1-2H3/t18-/m1/s1. The zero-order chi connectivity index (χ0) is 20.3. The van der Waals surface area contributed by atoms with Gasteiger partial charge in [-0.1, -0.05) is 6.07 Å². The normalized spacial score (nSPS) is 18.9. The van der Waals surface area contributed by atoms with E-state index in [9.17, 15) is 19.1 Å². The predicted octanol–water partition coefficient (Wildman–Crippen LogP) is 2.59. The Kier molecular flexibility index (Phi) is 5.84. The lowest BCUT2D eigenvalue weighted by atomic mass is 9.98. The van der Waals surface area contributed by atoms with Crippen molar-refractivity contribution in [3.8, 4) is 0 Å². The van der Waals surface area contributed by atoms with E-state index in [4.69, 9.17) is 0 Å². The number of nitrogens with zero attached hydrogens (tertiary/aromatic N) is 3. The molecule has 1 fully saturated rings. The van der Waals surface area contributed by atoms with Crippen LogP contribution >= 0.6 is 0 Å². The number of hydrogen-bond acceptors (Lipinski definition) is 5. The number of aliphatic hydroxyl groups is 1. The average molecular weight is 383 g/mol. The SMILES string of the molecule is CN(C)CCCN1C(=O)C(=O)C(=C(O)c2ccc(F)cc2)[C@H]1c1ccccn1. The minimum absolute atomic E-state index is 0.0276. The number of pyridine rings is 1. The highest BCUT2D eigenvalue weighted by molar-refractivity contribution is 6.46. The molecule has 1 atom stereocenters. The molecule has 1 N–H and O–H groups in total. The van der Waals surface area contributed by atoms with Crippen LogP contribution < -0.4 is 0 Å². The van der Waals surface area contributed by atoms with E-state index in [1.165, 1.54) is 29.2 Å². The lowest BCUT2D eigenvalue weighted by Gasteiger charge is -2.25. The number of halogens is 1. The molecule has 0 aliphatic carbocycles. The van der Waals surface area contributed by atoms with Crippen molar-refractivity contribution in [1.29, 1.82) is 0 Å². The Balaban J connectivity index is 2.06. The molecular weight excluding hydrogens is 361 g/mol. The number of aliphatic hydroxyl groups excluding tert-OH is 1. The van der Waals surface area contributed by atoms with Crippen molar-refractivity contribution in [2.45, 2.75) is 12.5 Å². The average Bonchev–Trinajstić information content (AvgIpc) is 2.93. The van der Waals surface area contributed by atoms with E-state index in [-0.39, 0.29) is 16.9 Å². The van der Waals surface area contributed by atoms with Crippen molar-refractivity contribution in [2.24, 2.45) is 0 Å². The molecule has 0 saturated carbocycles. The molecule has 1 aliphatic heterocycles. The number of likely N-dealkylation sites (tertiary alicyclic amines) is 1. The summed E-state index contributed by atoms with van der Waals surface area (Å²) in [6, 6.07) is 9.57. The number of carbonyl (C=O) groups is 2. The summed E-state index contributed by atoms with van der Waals surface area (Å²) in [7, 11) is 3.86. The third-order valence-electron chi connectivity index (χ3n) is 4.63. The fourth-order valence-electron chi connectivity index (χ4n) is 3.28. The molecule has 146 valence electrons. The van der Waals surface area contributed by atoms with Crippen LogP contribution in [0, 0.1) is 5.82 Å². The molecule has 1 amide bonds. The molecule has 1 aromatic heterocycles. The zero-order valence-corrected chi connectivity index (χ0v) is 15.8. The van der Waals surface area contributed by atoms with Crippen molar-refractivity contribution in [3.63, 3.8) is 0 Å². The second kappa shape index (κ2) is 8.31. The fraction of sp³-hybridized carbons (Fsp3) is 0.286. The Morgan fingerprint density at radius 1 is 1.18 bits per heavy atom. The maximum Gasteiger partial charge on any atom is 0.295 e. The van der Waals surface area contributed by atoms with Gasteiger partial charge in [0, 0.05) is 18.3 Å². The first-order valence-corrected chi connectivity index (χ1v) is 9.00. The highest BCUT2D eigenvalue weighted by Crippen LogP contribution is 2.38. The molecule has 1 aliphatic rings. The van der Waals surface area contributed by atoms with E-state index >= 15 is 0 Å². The van der Waals surface area contributed by atoms with Gasteiger partial charge in [-0.05, 0) is 63.5 Å². The molecule has 0 radical (unpaired) electrons. The van der Waals surface area contributed by atoms with Gasteiger partial charge < -0.3 is 14.9 Å². The molecule has 28 heavy (non-hydrogen) atoms. The summed E-state index contributed by atoms with van der Waals surface area (Å²) in [5, 5.41) is 10.8. The van der Waals surface area contributed by atoms with Crippen LogP contribution in [0.5, 0.6) is 0 Å². The van der Waals surface area contributed by atoms with Crippen LogP contribution in [0.15, 0.2) is 54.2 Å². The molecule has 0 bridgehead atoms. The van der Waals surface area contributed by atoms with Crippen LogP contribution in [-0.4, -0.2) is 58.8 Å². The monoisotopic (exact) mass is 383 g/mol. The first kappa shape index (κ1) is 19.7. The minimum atomic E-state index is -0.784. The quantitative estimate of drug-likeness (QED) is 0.472. The predicted molar refractivity (Wildman–Crippen MR) is 103 cm³/mol. The van der Waals surface area contributed by atoms with Crippen molar-refractivity contribution < 1.29 is 19.1 Å². The third kappa shape index (κ3) is 3.94. The molecule has 2 heterocycles. The Morgan fingerprint density at radius 2 is 1.89 bits per heavy atom. The zero-order valence-electron chi connectivity index (χ0n) is 15.8. The molecule has 1 aromatic carbocycles. The number of ketones is 1. The van der Waals surface area contributed by atoms with Crippen molar-refractivity contribution in [1.82, 2.24) is 14.8 Å². The Hall–Kier alpha value is -3.06. The molecule has 1 saturated heterocycles. The Labute approximate surface area is 162 Å². The van der Waals surface area contributed by atoms with Crippen LogP contribution in [0.4, 0.5) is 4.39 Å². The van der Waals surface area contributed by atoms with E-state index in [0.717, 1.165) is 6.54 Å².